The molecule has 0 atom stereocenters. The van der Waals surface area contributed by atoms with Gasteiger partial charge in [0, 0.05) is 13.5 Å². The summed E-state index contributed by atoms with van der Waals surface area (Å²) in [5, 5.41) is 0. The smallest absolute Gasteiger partial charge is 0.302 e. The van der Waals surface area contributed by atoms with Crippen LogP contribution in [-0.2, 0) is 14.3 Å². The van der Waals surface area contributed by atoms with Gasteiger partial charge in [0.05, 0.1) is 6.61 Å². The van der Waals surface area contributed by atoms with Crippen LogP contribution in [-0.4, -0.2) is 25.8 Å². The fourth-order valence-corrected chi connectivity index (χ4v) is 0.525. The topological polar surface area (TPSA) is 35.5 Å². The Hall–Kier alpha value is -1.09. The first-order valence-electron chi connectivity index (χ1n) is 4.63. The highest BCUT2D eigenvalue weighted by Gasteiger charge is 1.89. The van der Waals surface area contributed by atoms with E-state index in [1.807, 2.05) is 26.0 Å². The number of allylic oxidation sites excluding steroid dienone is 3. The molecule has 0 saturated carbocycles. The van der Waals surface area contributed by atoms with Crippen LogP contribution in [0, 0.1) is 0 Å². The Morgan fingerprint density at radius 3 is 2.36 bits per heavy atom. The summed E-state index contributed by atoms with van der Waals surface area (Å²) in [6.07, 6.45) is 5.58. The van der Waals surface area contributed by atoms with Gasteiger partial charge in [0.15, 0.2) is 0 Å². The first kappa shape index (κ1) is 15.4. The van der Waals surface area contributed by atoms with E-state index in [1.54, 1.807) is 6.08 Å². The first-order valence-corrected chi connectivity index (χ1v) is 4.63. The molecule has 0 aromatic rings. The Morgan fingerprint density at radius 1 is 1.43 bits per heavy atom. The molecule has 0 aliphatic carbocycles. The molecule has 0 radical (unpaired) electrons. The third kappa shape index (κ3) is 22.4. The van der Waals surface area contributed by atoms with Crippen molar-refractivity contribution < 1.29 is 14.3 Å². The van der Waals surface area contributed by atoms with Crippen LogP contribution >= 0.6 is 0 Å². The van der Waals surface area contributed by atoms with Gasteiger partial charge in [-0.05, 0) is 13.8 Å². The van der Waals surface area contributed by atoms with Crippen LogP contribution in [0.25, 0.3) is 0 Å². The summed E-state index contributed by atoms with van der Waals surface area (Å²) >= 11 is 0. The number of carbonyl (C=O) groups excluding carboxylic acids is 1. The van der Waals surface area contributed by atoms with E-state index in [0.29, 0.717) is 19.8 Å². The average Bonchev–Trinajstić information content (AvgIpc) is 2.15. The Balaban J connectivity index is 0. The number of carbonyl (C=O) groups is 1. The van der Waals surface area contributed by atoms with Gasteiger partial charge in [-0.3, -0.25) is 4.79 Å². The highest BCUT2D eigenvalue weighted by molar-refractivity contribution is 5.65. The van der Waals surface area contributed by atoms with Crippen LogP contribution in [0.15, 0.2) is 24.8 Å². The zero-order chi connectivity index (χ0) is 11.2. The predicted octanol–water partition coefficient (Wildman–Crippen LogP) is 2.33. The molecule has 0 rings (SSSR count). The zero-order valence-electron chi connectivity index (χ0n) is 9.29. The fourth-order valence-electron chi connectivity index (χ4n) is 0.525. The van der Waals surface area contributed by atoms with E-state index in [0.717, 1.165) is 0 Å². The van der Waals surface area contributed by atoms with Gasteiger partial charge in [-0.25, -0.2) is 0 Å². The average molecular weight is 200 g/mol. The summed E-state index contributed by atoms with van der Waals surface area (Å²) in [4.78, 5) is 10.1. The standard InChI is InChI=1S/C6H12O3.C5H8/c1-3-8-4-5-9-6(2)7;1-3-5-4-2/h3-5H2,1-2H3;3-5H,1H2,2H3. The molecule has 3 nitrogen and oxygen atoms in total. The highest BCUT2D eigenvalue weighted by Crippen LogP contribution is 1.77. The van der Waals surface area contributed by atoms with Crippen molar-refractivity contribution in [2.24, 2.45) is 0 Å². The summed E-state index contributed by atoms with van der Waals surface area (Å²) in [5.74, 6) is -0.255. The van der Waals surface area contributed by atoms with Crippen molar-refractivity contribution in [2.75, 3.05) is 19.8 Å². The van der Waals surface area contributed by atoms with Crippen LogP contribution in [0.3, 0.4) is 0 Å². The molecule has 0 N–H and O–H groups in total. The quantitative estimate of drug-likeness (QED) is 0.388. The molecule has 0 bridgehead atoms. The Bertz CT molecular complexity index is 162. The molecule has 0 amide bonds. The van der Waals surface area contributed by atoms with Gasteiger partial charge in [0.1, 0.15) is 6.61 Å². The molecule has 0 fully saturated rings. The van der Waals surface area contributed by atoms with Gasteiger partial charge < -0.3 is 9.47 Å². The largest absolute Gasteiger partial charge is 0.463 e. The zero-order valence-corrected chi connectivity index (χ0v) is 9.29. The summed E-state index contributed by atoms with van der Waals surface area (Å²) in [6.45, 7) is 10.2. The summed E-state index contributed by atoms with van der Waals surface area (Å²) in [5.41, 5.74) is 0. The van der Waals surface area contributed by atoms with Crippen LogP contribution in [0.5, 0.6) is 0 Å². The molecular weight excluding hydrogens is 180 g/mol. The second kappa shape index (κ2) is 14.4. The Labute approximate surface area is 86.4 Å². The molecular formula is C11H20O3. The van der Waals surface area contributed by atoms with E-state index >= 15 is 0 Å². The van der Waals surface area contributed by atoms with Crippen molar-refractivity contribution in [3.05, 3.63) is 24.8 Å². The van der Waals surface area contributed by atoms with Crippen LogP contribution in [0.2, 0.25) is 0 Å². The van der Waals surface area contributed by atoms with E-state index in [2.05, 4.69) is 11.3 Å². The van der Waals surface area contributed by atoms with E-state index in [9.17, 15) is 4.79 Å². The maximum atomic E-state index is 10.1. The van der Waals surface area contributed by atoms with Crippen LogP contribution in [0.1, 0.15) is 20.8 Å². The van der Waals surface area contributed by atoms with Crippen molar-refractivity contribution in [3.63, 3.8) is 0 Å². The summed E-state index contributed by atoms with van der Waals surface area (Å²) < 4.78 is 9.49. The molecule has 3 heteroatoms. The maximum Gasteiger partial charge on any atom is 0.302 e. The number of hydrogen-bond acceptors (Lipinski definition) is 3. The third-order valence-electron chi connectivity index (χ3n) is 1.07. The fraction of sp³-hybridized carbons (Fsp3) is 0.545. The van der Waals surface area contributed by atoms with Gasteiger partial charge in [0.25, 0.3) is 0 Å². The summed E-state index contributed by atoms with van der Waals surface area (Å²) in [6, 6.07) is 0. The molecule has 0 aliphatic rings. The Kier molecular flexibility index (Phi) is 15.9. The van der Waals surface area contributed by atoms with Crippen molar-refractivity contribution in [1.82, 2.24) is 0 Å². The molecule has 82 valence electrons. The number of hydrogen-bond donors (Lipinski definition) is 0. The third-order valence-corrected chi connectivity index (χ3v) is 1.07. The van der Waals surface area contributed by atoms with Gasteiger partial charge in [-0.2, -0.15) is 0 Å². The van der Waals surface area contributed by atoms with E-state index in [1.165, 1.54) is 6.92 Å². The summed E-state index contributed by atoms with van der Waals surface area (Å²) in [7, 11) is 0. The minimum atomic E-state index is -0.255. The predicted molar refractivity (Wildman–Crippen MR) is 58.1 cm³/mol. The van der Waals surface area contributed by atoms with Gasteiger partial charge in [0.2, 0.25) is 0 Å². The second-order valence-corrected chi connectivity index (χ2v) is 2.30. The SMILES string of the molecule is C=CC=CC.CCOCCOC(C)=O. The van der Waals surface area contributed by atoms with Gasteiger partial charge in [-0.1, -0.05) is 24.8 Å². The molecule has 0 unspecified atom stereocenters. The molecule has 0 heterocycles. The van der Waals surface area contributed by atoms with Crippen molar-refractivity contribution in [1.29, 1.82) is 0 Å². The van der Waals surface area contributed by atoms with E-state index < -0.39 is 0 Å². The van der Waals surface area contributed by atoms with Crippen molar-refractivity contribution in [2.45, 2.75) is 20.8 Å². The number of rotatable bonds is 5. The molecule has 0 aliphatic heterocycles. The number of esters is 1. The molecule has 0 aromatic heterocycles. The van der Waals surface area contributed by atoms with Crippen molar-refractivity contribution >= 4 is 5.97 Å². The lowest BCUT2D eigenvalue weighted by atomic mass is 10.5. The first-order chi connectivity index (χ1) is 6.68. The van der Waals surface area contributed by atoms with E-state index in [4.69, 9.17) is 4.74 Å². The number of ether oxygens (including phenoxy) is 2. The minimum Gasteiger partial charge on any atom is -0.463 e. The lowest BCUT2D eigenvalue weighted by Gasteiger charge is -1.99. The normalized spacial score (nSPS) is 9.07. The Morgan fingerprint density at radius 2 is 2.07 bits per heavy atom. The van der Waals surface area contributed by atoms with E-state index in [-0.39, 0.29) is 5.97 Å². The second-order valence-electron chi connectivity index (χ2n) is 2.30. The van der Waals surface area contributed by atoms with Gasteiger partial charge >= 0.3 is 5.97 Å². The molecule has 0 aromatic carbocycles. The van der Waals surface area contributed by atoms with Crippen LogP contribution < -0.4 is 0 Å². The maximum absolute atomic E-state index is 10.1. The monoisotopic (exact) mass is 200 g/mol. The molecule has 14 heavy (non-hydrogen) atoms. The minimum absolute atomic E-state index is 0.255. The highest BCUT2D eigenvalue weighted by atomic mass is 16.6. The molecule has 0 spiro atoms. The molecule has 0 saturated heterocycles. The van der Waals surface area contributed by atoms with Gasteiger partial charge in [-0.15, -0.1) is 0 Å². The van der Waals surface area contributed by atoms with Crippen LogP contribution in [0.4, 0.5) is 0 Å². The lowest BCUT2D eigenvalue weighted by Crippen LogP contribution is -2.06. The lowest BCUT2D eigenvalue weighted by molar-refractivity contribution is -0.142. The van der Waals surface area contributed by atoms with Crippen molar-refractivity contribution in [3.8, 4) is 0 Å².